The van der Waals surface area contributed by atoms with Crippen molar-refractivity contribution >= 4 is 39.9 Å². The molecule has 6 nitrogen and oxygen atoms in total. The zero-order valence-electron chi connectivity index (χ0n) is 15.1. The van der Waals surface area contributed by atoms with E-state index in [-0.39, 0.29) is 17.6 Å². The smallest absolute Gasteiger partial charge is 0.290 e. The van der Waals surface area contributed by atoms with Gasteiger partial charge in [-0.05, 0) is 44.0 Å². The number of amides is 2. The Kier molecular flexibility index (Phi) is 5.19. The van der Waals surface area contributed by atoms with E-state index in [1.54, 1.807) is 17.0 Å². The molecule has 1 unspecified atom stereocenters. The number of nitrogens with zero attached hydrogens (tertiary/aromatic N) is 2. The lowest BCUT2D eigenvalue weighted by atomic mass is 10.1. The van der Waals surface area contributed by atoms with Crippen LogP contribution < -0.4 is 5.32 Å². The van der Waals surface area contributed by atoms with Gasteiger partial charge in [0.2, 0.25) is 5.91 Å². The number of benzene rings is 1. The highest BCUT2D eigenvalue weighted by molar-refractivity contribution is 7.16. The number of hydrogen-bond acceptors (Lipinski definition) is 5. The molecule has 0 aliphatic carbocycles. The van der Waals surface area contributed by atoms with Crippen LogP contribution >= 0.6 is 22.9 Å². The lowest BCUT2D eigenvalue weighted by Crippen LogP contribution is -2.43. The van der Waals surface area contributed by atoms with E-state index < -0.39 is 6.04 Å². The molecular formula is C20H18ClN3O3S. The van der Waals surface area contributed by atoms with Gasteiger partial charge < -0.3 is 14.6 Å². The Labute approximate surface area is 171 Å². The van der Waals surface area contributed by atoms with E-state index >= 15 is 0 Å². The lowest BCUT2D eigenvalue weighted by Gasteiger charge is -2.22. The molecule has 28 heavy (non-hydrogen) atoms. The second-order valence-electron chi connectivity index (χ2n) is 6.55. The van der Waals surface area contributed by atoms with E-state index in [0.29, 0.717) is 23.1 Å². The zero-order chi connectivity index (χ0) is 19.7. The maximum Gasteiger partial charge on any atom is 0.290 e. The summed E-state index contributed by atoms with van der Waals surface area (Å²) in [6, 6.07) is 10.2. The monoisotopic (exact) mass is 415 g/mol. The van der Waals surface area contributed by atoms with Crippen LogP contribution in [0.4, 0.5) is 5.13 Å². The molecule has 8 heteroatoms. The van der Waals surface area contributed by atoms with Gasteiger partial charge in [-0.15, -0.1) is 11.3 Å². The van der Waals surface area contributed by atoms with Crippen molar-refractivity contribution in [3.63, 3.8) is 0 Å². The number of carbonyl (C=O) groups is 2. The molecule has 0 saturated carbocycles. The summed E-state index contributed by atoms with van der Waals surface area (Å²) in [7, 11) is 0. The van der Waals surface area contributed by atoms with Crippen LogP contribution in [0.3, 0.4) is 0 Å². The van der Waals surface area contributed by atoms with E-state index in [0.717, 1.165) is 22.6 Å². The van der Waals surface area contributed by atoms with Crippen LogP contribution in [0.1, 0.15) is 28.3 Å². The van der Waals surface area contributed by atoms with Gasteiger partial charge in [-0.2, -0.15) is 0 Å². The van der Waals surface area contributed by atoms with Crippen molar-refractivity contribution in [3.05, 3.63) is 58.3 Å². The van der Waals surface area contributed by atoms with Gasteiger partial charge in [-0.25, -0.2) is 4.98 Å². The topological polar surface area (TPSA) is 75.4 Å². The van der Waals surface area contributed by atoms with Crippen LogP contribution in [0.15, 0.2) is 47.1 Å². The Morgan fingerprint density at radius 1 is 1.29 bits per heavy atom. The molecule has 0 spiro atoms. The molecule has 1 N–H and O–H groups in total. The van der Waals surface area contributed by atoms with Crippen LogP contribution in [0.25, 0.3) is 11.3 Å². The van der Waals surface area contributed by atoms with Crippen molar-refractivity contribution < 1.29 is 14.0 Å². The first kappa shape index (κ1) is 18.7. The number of thiazole rings is 1. The molecule has 1 aliphatic heterocycles. The summed E-state index contributed by atoms with van der Waals surface area (Å²) >= 11 is 7.36. The second kappa shape index (κ2) is 7.77. The zero-order valence-corrected chi connectivity index (χ0v) is 16.7. The first-order chi connectivity index (χ1) is 13.5. The highest BCUT2D eigenvalue weighted by Crippen LogP contribution is 2.31. The van der Waals surface area contributed by atoms with Gasteiger partial charge in [0, 0.05) is 22.0 Å². The molecule has 144 valence electrons. The Balaban J connectivity index is 1.50. The second-order valence-corrected chi connectivity index (χ2v) is 8.19. The number of furan rings is 1. The predicted octanol–water partition coefficient (Wildman–Crippen LogP) is 4.61. The van der Waals surface area contributed by atoms with Crippen LogP contribution in [0.2, 0.25) is 5.02 Å². The van der Waals surface area contributed by atoms with E-state index in [2.05, 4.69) is 10.3 Å². The Bertz CT molecular complexity index is 998. The lowest BCUT2D eigenvalue weighted by molar-refractivity contribution is -0.119. The Morgan fingerprint density at radius 3 is 2.79 bits per heavy atom. The summed E-state index contributed by atoms with van der Waals surface area (Å²) in [5.41, 5.74) is 1.75. The number of anilines is 1. The van der Waals surface area contributed by atoms with Crippen LogP contribution in [0.5, 0.6) is 0 Å². The summed E-state index contributed by atoms with van der Waals surface area (Å²) in [4.78, 5) is 32.5. The normalized spacial score (nSPS) is 16.4. The summed E-state index contributed by atoms with van der Waals surface area (Å²) in [5.74, 6) is -0.247. The minimum Gasteiger partial charge on any atom is -0.459 e. The van der Waals surface area contributed by atoms with E-state index in [9.17, 15) is 9.59 Å². The van der Waals surface area contributed by atoms with E-state index in [1.807, 2.05) is 31.2 Å². The maximum absolute atomic E-state index is 12.8. The predicted molar refractivity (Wildman–Crippen MR) is 109 cm³/mol. The van der Waals surface area contributed by atoms with Crippen molar-refractivity contribution in [1.82, 2.24) is 9.88 Å². The molecule has 1 saturated heterocycles. The quantitative estimate of drug-likeness (QED) is 0.675. The van der Waals surface area contributed by atoms with E-state index in [1.165, 1.54) is 17.6 Å². The molecule has 1 atom stereocenters. The SMILES string of the molecule is Cc1sc(NC(=O)C2CCCN2C(=O)c2ccco2)nc1-c1ccc(Cl)cc1. The summed E-state index contributed by atoms with van der Waals surface area (Å²) < 4.78 is 5.19. The fourth-order valence-corrected chi connectivity index (χ4v) is 4.30. The minimum absolute atomic E-state index is 0.228. The Morgan fingerprint density at radius 2 is 2.07 bits per heavy atom. The van der Waals surface area contributed by atoms with Crippen LogP contribution in [-0.4, -0.2) is 34.3 Å². The number of rotatable bonds is 4. The van der Waals surface area contributed by atoms with Gasteiger partial charge in [-0.3, -0.25) is 9.59 Å². The number of aryl methyl sites for hydroxylation is 1. The molecule has 1 aliphatic rings. The molecule has 2 aromatic heterocycles. The minimum atomic E-state index is -0.527. The number of aromatic nitrogens is 1. The van der Waals surface area contributed by atoms with Crippen molar-refractivity contribution in [2.75, 3.05) is 11.9 Å². The highest BCUT2D eigenvalue weighted by Gasteiger charge is 2.36. The molecule has 1 fully saturated rings. The van der Waals surface area contributed by atoms with Gasteiger partial charge in [-0.1, -0.05) is 23.7 Å². The number of nitrogens with one attached hydrogen (secondary N) is 1. The van der Waals surface area contributed by atoms with Crippen molar-refractivity contribution in [2.24, 2.45) is 0 Å². The first-order valence-corrected chi connectivity index (χ1v) is 10.1. The Hall–Kier alpha value is -2.64. The fourth-order valence-electron chi connectivity index (χ4n) is 3.34. The summed E-state index contributed by atoms with van der Waals surface area (Å²) in [6.45, 7) is 2.49. The van der Waals surface area contributed by atoms with Crippen molar-refractivity contribution in [1.29, 1.82) is 0 Å². The number of halogens is 1. The van der Waals surface area contributed by atoms with Gasteiger partial charge in [0.15, 0.2) is 10.9 Å². The standard InChI is InChI=1S/C20H18ClN3O3S/c1-12-17(13-6-8-14(21)9-7-13)22-20(28-12)23-18(25)15-4-2-10-24(15)19(26)16-5-3-11-27-16/h3,5-9,11,15H,2,4,10H2,1H3,(H,22,23,25). The van der Waals surface area contributed by atoms with Gasteiger partial charge in [0.25, 0.3) is 5.91 Å². The molecule has 1 aromatic carbocycles. The first-order valence-electron chi connectivity index (χ1n) is 8.91. The average Bonchev–Trinajstić information content (AvgIpc) is 3.43. The average molecular weight is 416 g/mol. The number of likely N-dealkylation sites (tertiary alicyclic amines) is 1. The fraction of sp³-hybridized carbons (Fsp3) is 0.250. The third-order valence-corrected chi connectivity index (χ3v) is 5.83. The third kappa shape index (κ3) is 3.68. The number of carbonyl (C=O) groups excluding carboxylic acids is 2. The molecule has 3 heterocycles. The molecular weight excluding hydrogens is 398 g/mol. The summed E-state index contributed by atoms with van der Waals surface area (Å²) in [5, 5.41) is 4.05. The largest absolute Gasteiger partial charge is 0.459 e. The molecule has 4 rings (SSSR count). The highest BCUT2D eigenvalue weighted by atomic mass is 35.5. The van der Waals surface area contributed by atoms with Gasteiger partial charge in [0.05, 0.1) is 12.0 Å². The van der Waals surface area contributed by atoms with Gasteiger partial charge >= 0.3 is 0 Å². The maximum atomic E-state index is 12.8. The van der Waals surface area contributed by atoms with Gasteiger partial charge in [0.1, 0.15) is 6.04 Å². The molecule has 3 aromatic rings. The molecule has 0 radical (unpaired) electrons. The summed E-state index contributed by atoms with van der Waals surface area (Å²) in [6.07, 6.45) is 2.85. The van der Waals surface area contributed by atoms with Crippen molar-refractivity contribution in [2.45, 2.75) is 25.8 Å². The third-order valence-electron chi connectivity index (χ3n) is 4.69. The molecule has 2 amide bonds. The van der Waals surface area contributed by atoms with Crippen LogP contribution in [0, 0.1) is 6.92 Å². The van der Waals surface area contributed by atoms with Crippen LogP contribution in [-0.2, 0) is 4.79 Å². The van der Waals surface area contributed by atoms with Crippen molar-refractivity contribution in [3.8, 4) is 11.3 Å². The molecule has 0 bridgehead atoms. The van der Waals surface area contributed by atoms with E-state index in [4.69, 9.17) is 16.0 Å². The number of hydrogen-bond donors (Lipinski definition) is 1.